The zero-order valence-electron chi connectivity index (χ0n) is 11.4. The van der Waals surface area contributed by atoms with Crippen LogP contribution in [0.15, 0.2) is 52.1 Å². The predicted octanol–water partition coefficient (Wildman–Crippen LogP) is 3.13. The van der Waals surface area contributed by atoms with Gasteiger partial charge in [-0.05, 0) is 35.9 Å². The first-order valence-corrected chi connectivity index (χ1v) is 6.96. The summed E-state index contributed by atoms with van der Waals surface area (Å²) in [6.07, 6.45) is 0. The lowest BCUT2D eigenvalue weighted by molar-refractivity contribution is 0.284. The number of hydrogen-bond acceptors (Lipinski definition) is 4. The summed E-state index contributed by atoms with van der Waals surface area (Å²) in [6, 6.07) is 12.9. The third kappa shape index (κ3) is 3.88. The Labute approximate surface area is 131 Å². The topological polar surface area (TPSA) is 77.1 Å². The van der Waals surface area contributed by atoms with Crippen molar-refractivity contribution < 1.29 is 14.7 Å². The number of nitrogens with zero attached hydrogens (tertiary/aromatic N) is 1. The molecule has 0 aliphatic heterocycles. The highest BCUT2D eigenvalue weighted by Crippen LogP contribution is 2.29. The van der Waals surface area contributed by atoms with Crippen LogP contribution in [0, 0.1) is 0 Å². The van der Waals surface area contributed by atoms with E-state index in [4.69, 9.17) is 20.4 Å². The lowest BCUT2D eigenvalue weighted by Gasteiger charge is -2.12. The fourth-order valence-corrected chi connectivity index (χ4v) is 2.24. The van der Waals surface area contributed by atoms with E-state index < -0.39 is 0 Å². The van der Waals surface area contributed by atoms with Crippen LogP contribution in [0.5, 0.6) is 11.5 Å². The number of halogens is 1. The summed E-state index contributed by atoms with van der Waals surface area (Å²) in [4.78, 5) is 0. The summed E-state index contributed by atoms with van der Waals surface area (Å²) in [5.41, 5.74) is 7.14. The van der Waals surface area contributed by atoms with Gasteiger partial charge in [0, 0.05) is 10.0 Å². The second-order valence-electron chi connectivity index (χ2n) is 4.27. The second kappa shape index (κ2) is 6.99. The van der Waals surface area contributed by atoms with Crippen LogP contribution in [0.4, 0.5) is 0 Å². The van der Waals surface area contributed by atoms with E-state index in [1.807, 2.05) is 24.3 Å². The molecule has 0 unspecified atom stereocenters. The van der Waals surface area contributed by atoms with Crippen molar-refractivity contribution in [2.45, 2.75) is 6.61 Å². The molecule has 2 rings (SSSR count). The maximum Gasteiger partial charge on any atom is 0.170 e. The molecule has 5 nitrogen and oxygen atoms in total. The molecule has 2 aromatic carbocycles. The number of hydrogen-bond donors (Lipinski definition) is 2. The van der Waals surface area contributed by atoms with Gasteiger partial charge in [0.05, 0.1) is 7.11 Å². The molecule has 0 fully saturated rings. The third-order valence-electron chi connectivity index (χ3n) is 2.85. The molecule has 0 bridgehead atoms. The van der Waals surface area contributed by atoms with Crippen molar-refractivity contribution in [3.63, 3.8) is 0 Å². The molecule has 0 aromatic heterocycles. The zero-order chi connectivity index (χ0) is 15.2. The van der Waals surface area contributed by atoms with Gasteiger partial charge in [0.25, 0.3) is 0 Å². The fraction of sp³-hybridized carbons (Fsp3) is 0.133. The van der Waals surface area contributed by atoms with Crippen LogP contribution in [0.1, 0.15) is 11.1 Å². The van der Waals surface area contributed by atoms with Crippen molar-refractivity contribution >= 4 is 21.8 Å². The van der Waals surface area contributed by atoms with Crippen LogP contribution in [0.2, 0.25) is 0 Å². The zero-order valence-corrected chi connectivity index (χ0v) is 13.0. The van der Waals surface area contributed by atoms with Crippen molar-refractivity contribution in [2.24, 2.45) is 10.9 Å². The quantitative estimate of drug-likeness (QED) is 0.376. The molecule has 0 aliphatic rings. The van der Waals surface area contributed by atoms with Gasteiger partial charge in [-0.15, -0.1) is 0 Å². The van der Waals surface area contributed by atoms with Crippen LogP contribution < -0.4 is 15.2 Å². The molecule has 0 heterocycles. The fourth-order valence-electron chi connectivity index (χ4n) is 1.79. The SMILES string of the molecule is COc1cc(/C(N)=N/O)ccc1OCc1cccc(Br)c1. The van der Waals surface area contributed by atoms with Crippen molar-refractivity contribution in [3.05, 3.63) is 58.1 Å². The maximum absolute atomic E-state index is 8.69. The largest absolute Gasteiger partial charge is 0.493 e. The van der Waals surface area contributed by atoms with E-state index in [0.717, 1.165) is 10.0 Å². The molecular weight excluding hydrogens is 336 g/mol. The molecule has 2 aromatic rings. The van der Waals surface area contributed by atoms with E-state index in [2.05, 4.69) is 21.1 Å². The van der Waals surface area contributed by atoms with E-state index in [-0.39, 0.29) is 5.84 Å². The Balaban J connectivity index is 2.16. The molecule has 110 valence electrons. The van der Waals surface area contributed by atoms with Crippen molar-refractivity contribution in [1.82, 2.24) is 0 Å². The molecular formula is C15H15BrN2O3. The Morgan fingerprint density at radius 3 is 2.71 bits per heavy atom. The number of nitrogens with two attached hydrogens (primary N) is 1. The average molecular weight is 351 g/mol. The first kappa shape index (κ1) is 15.2. The van der Waals surface area contributed by atoms with Crippen LogP contribution in [-0.2, 0) is 6.61 Å². The molecule has 0 amide bonds. The molecule has 0 saturated carbocycles. The molecule has 0 radical (unpaired) electrons. The molecule has 0 spiro atoms. The first-order chi connectivity index (χ1) is 10.1. The summed E-state index contributed by atoms with van der Waals surface area (Å²) in [6.45, 7) is 0.415. The van der Waals surface area contributed by atoms with Crippen molar-refractivity contribution in [1.29, 1.82) is 0 Å². The predicted molar refractivity (Wildman–Crippen MR) is 84.0 cm³/mol. The van der Waals surface area contributed by atoms with Gasteiger partial charge < -0.3 is 20.4 Å². The maximum atomic E-state index is 8.69. The molecule has 0 atom stereocenters. The Morgan fingerprint density at radius 1 is 1.24 bits per heavy atom. The lowest BCUT2D eigenvalue weighted by atomic mass is 10.2. The highest BCUT2D eigenvalue weighted by Gasteiger charge is 2.08. The summed E-state index contributed by atoms with van der Waals surface area (Å²) in [5.74, 6) is 1.13. The van der Waals surface area contributed by atoms with Crippen LogP contribution in [0.25, 0.3) is 0 Å². The standard InChI is InChI=1S/C15H15BrN2O3/c1-20-14-8-11(15(17)18-19)5-6-13(14)21-9-10-3-2-4-12(16)7-10/h2-8,19H,9H2,1H3,(H2,17,18). The summed E-state index contributed by atoms with van der Waals surface area (Å²) in [5, 5.41) is 11.6. The Hall–Kier alpha value is -2.21. The molecule has 0 aliphatic carbocycles. The van der Waals surface area contributed by atoms with Crippen LogP contribution >= 0.6 is 15.9 Å². The van der Waals surface area contributed by atoms with Gasteiger partial charge in [-0.3, -0.25) is 0 Å². The number of methoxy groups -OCH3 is 1. The molecule has 6 heteroatoms. The van der Waals surface area contributed by atoms with Gasteiger partial charge in [-0.25, -0.2) is 0 Å². The molecule has 21 heavy (non-hydrogen) atoms. The normalized spacial score (nSPS) is 11.2. The second-order valence-corrected chi connectivity index (χ2v) is 5.19. The summed E-state index contributed by atoms with van der Waals surface area (Å²) in [7, 11) is 1.54. The Kier molecular flexibility index (Phi) is 5.05. The minimum atomic E-state index is 0.0202. The first-order valence-electron chi connectivity index (χ1n) is 6.17. The van der Waals surface area contributed by atoms with Gasteiger partial charge in [0.1, 0.15) is 6.61 Å². The van der Waals surface area contributed by atoms with Crippen molar-refractivity contribution in [2.75, 3.05) is 7.11 Å². The van der Waals surface area contributed by atoms with E-state index in [1.54, 1.807) is 18.2 Å². The van der Waals surface area contributed by atoms with Crippen LogP contribution in [-0.4, -0.2) is 18.2 Å². The number of rotatable bonds is 5. The van der Waals surface area contributed by atoms with E-state index in [9.17, 15) is 0 Å². The highest BCUT2D eigenvalue weighted by molar-refractivity contribution is 9.10. The number of ether oxygens (including phenoxy) is 2. The van der Waals surface area contributed by atoms with E-state index >= 15 is 0 Å². The van der Waals surface area contributed by atoms with Crippen LogP contribution in [0.3, 0.4) is 0 Å². The monoisotopic (exact) mass is 350 g/mol. The minimum Gasteiger partial charge on any atom is -0.493 e. The van der Waals surface area contributed by atoms with Gasteiger partial charge in [-0.1, -0.05) is 33.2 Å². The summed E-state index contributed by atoms with van der Waals surface area (Å²) >= 11 is 3.42. The van der Waals surface area contributed by atoms with E-state index in [0.29, 0.717) is 23.7 Å². The van der Waals surface area contributed by atoms with Gasteiger partial charge in [-0.2, -0.15) is 0 Å². The lowest BCUT2D eigenvalue weighted by Crippen LogP contribution is -2.13. The smallest absolute Gasteiger partial charge is 0.170 e. The number of benzene rings is 2. The Bertz CT molecular complexity index is 659. The highest BCUT2D eigenvalue weighted by atomic mass is 79.9. The van der Waals surface area contributed by atoms with Gasteiger partial charge >= 0.3 is 0 Å². The minimum absolute atomic E-state index is 0.0202. The van der Waals surface area contributed by atoms with Gasteiger partial charge in [0.2, 0.25) is 0 Å². The number of amidine groups is 1. The summed E-state index contributed by atoms with van der Waals surface area (Å²) < 4.78 is 12.0. The molecule has 0 saturated heterocycles. The third-order valence-corrected chi connectivity index (χ3v) is 3.34. The van der Waals surface area contributed by atoms with E-state index in [1.165, 1.54) is 7.11 Å². The average Bonchev–Trinajstić information content (AvgIpc) is 2.52. The van der Waals surface area contributed by atoms with Gasteiger partial charge in [0.15, 0.2) is 17.3 Å². The Morgan fingerprint density at radius 2 is 2.05 bits per heavy atom. The number of oxime groups is 1. The molecule has 3 N–H and O–H groups in total. The van der Waals surface area contributed by atoms with Crippen molar-refractivity contribution in [3.8, 4) is 11.5 Å².